The third-order valence-electron chi connectivity index (χ3n) is 3.14. The summed E-state index contributed by atoms with van der Waals surface area (Å²) >= 11 is 0. The van der Waals surface area contributed by atoms with Gasteiger partial charge in [-0.1, -0.05) is 20.8 Å². The van der Waals surface area contributed by atoms with Gasteiger partial charge in [-0.2, -0.15) is 0 Å². The van der Waals surface area contributed by atoms with Crippen LogP contribution >= 0.6 is 0 Å². The normalized spacial score (nSPS) is 15.1. The van der Waals surface area contributed by atoms with E-state index in [9.17, 15) is 8.42 Å². The van der Waals surface area contributed by atoms with E-state index < -0.39 is 14.6 Å². The molecule has 0 bridgehead atoms. The average Bonchev–Trinajstić information content (AvgIpc) is 1.84. The van der Waals surface area contributed by atoms with Crippen LogP contribution in [0.25, 0.3) is 0 Å². The van der Waals surface area contributed by atoms with Crippen molar-refractivity contribution in [3.8, 4) is 0 Å². The van der Waals surface area contributed by atoms with Gasteiger partial charge in [0, 0.05) is 0 Å². The molecule has 0 unspecified atom stereocenters. The summed E-state index contributed by atoms with van der Waals surface area (Å²) in [5, 5.41) is -0.304. The van der Waals surface area contributed by atoms with Crippen LogP contribution in [0.5, 0.6) is 0 Å². The molecule has 0 heterocycles. The molecule has 3 heteroatoms. The second-order valence-electron chi connectivity index (χ2n) is 5.35. The zero-order chi connectivity index (χ0) is 11.1. The Morgan fingerprint density at radius 3 is 1.31 bits per heavy atom. The van der Waals surface area contributed by atoms with E-state index in [-0.39, 0.29) is 10.7 Å². The predicted molar refractivity (Wildman–Crippen MR) is 57.6 cm³/mol. The van der Waals surface area contributed by atoms with Gasteiger partial charge in [-0.05, 0) is 33.1 Å². The Labute approximate surface area is 82.6 Å². The molecule has 0 aliphatic rings. The topological polar surface area (TPSA) is 34.1 Å². The first-order valence-electron chi connectivity index (χ1n) is 4.68. The van der Waals surface area contributed by atoms with E-state index in [1.54, 1.807) is 13.8 Å². The van der Waals surface area contributed by atoms with Gasteiger partial charge in [0.2, 0.25) is 0 Å². The van der Waals surface area contributed by atoms with Gasteiger partial charge in [-0.15, -0.1) is 0 Å². The number of rotatable bonds is 2. The van der Waals surface area contributed by atoms with Crippen molar-refractivity contribution < 1.29 is 8.42 Å². The van der Waals surface area contributed by atoms with E-state index in [4.69, 9.17) is 0 Å². The summed E-state index contributed by atoms with van der Waals surface area (Å²) in [5.74, 6) is 0. The predicted octanol–water partition coefficient (Wildman–Crippen LogP) is 2.63. The number of hydrogen-bond donors (Lipinski definition) is 0. The first-order valence-corrected chi connectivity index (χ1v) is 6.22. The molecule has 2 nitrogen and oxygen atoms in total. The second-order valence-corrected chi connectivity index (χ2v) is 8.41. The Morgan fingerprint density at radius 2 is 1.23 bits per heavy atom. The Morgan fingerprint density at radius 1 is 0.923 bits per heavy atom. The molecule has 0 aromatic rings. The first kappa shape index (κ1) is 12.9. The van der Waals surface area contributed by atoms with Gasteiger partial charge in [-0.3, -0.25) is 0 Å². The quantitative estimate of drug-likeness (QED) is 0.696. The van der Waals surface area contributed by atoms with Crippen LogP contribution in [0.1, 0.15) is 48.5 Å². The van der Waals surface area contributed by atoms with Crippen molar-refractivity contribution in [1.82, 2.24) is 0 Å². The molecule has 0 amide bonds. The molecule has 0 aliphatic heterocycles. The highest BCUT2D eigenvalue weighted by Gasteiger charge is 2.45. The molecule has 13 heavy (non-hydrogen) atoms. The van der Waals surface area contributed by atoms with Gasteiger partial charge in [0.15, 0.2) is 9.84 Å². The monoisotopic (exact) mass is 206 g/mol. The number of sulfone groups is 1. The molecule has 0 spiro atoms. The van der Waals surface area contributed by atoms with Crippen molar-refractivity contribution in [2.75, 3.05) is 0 Å². The van der Waals surface area contributed by atoms with Crippen LogP contribution < -0.4 is 0 Å². The molecule has 0 N–H and O–H groups in total. The molecule has 80 valence electrons. The minimum absolute atomic E-state index is 0.226. The van der Waals surface area contributed by atoms with E-state index in [0.29, 0.717) is 0 Å². The minimum atomic E-state index is -3.03. The lowest BCUT2D eigenvalue weighted by Crippen LogP contribution is -2.47. The maximum absolute atomic E-state index is 12.0. The Bertz CT molecular complexity index is 266. The minimum Gasteiger partial charge on any atom is -0.228 e. The molecular weight excluding hydrogens is 184 g/mol. The van der Waals surface area contributed by atoms with Crippen LogP contribution in [0.4, 0.5) is 0 Å². The lowest BCUT2D eigenvalue weighted by molar-refractivity contribution is 0.300. The Hall–Kier alpha value is -0.0500. The van der Waals surface area contributed by atoms with Crippen molar-refractivity contribution in [2.45, 2.75) is 58.5 Å². The van der Waals surface area contributed by atoms with Gasteiger partial charge in [0.25, 0.3) is 0 Å². The molecule has 0 rings (SSSR count). The molecular formula is C10H22O2S. The molecule has 0 radical (unpaired) electrons. The lowest BCUT2D eigenvalue weighted by Gasteiger charge is -2.39. The van der Waals surface area contributed by atoms with Crippen LogP contribution in [0, 0.1) is 5.41 Å². The SMILES string of the molecule is CC(C)S(=O)(=O)C(C)(C)C(C)(C)C. The van der Waals surface area contributed by atoms with Crippen LogP contribution in [-0.4, -0.2) is 18.4 Å². The van der Waals surface area contributed by atoms with Gasteiger partial charge in [0.05, 0.1) is 10.00 Å². The third kappa shape index (κ3) is 2.06. The summed E-state index contributed by atoms with van der Waals surface area (Å²) in [6, 6.07) is 0. The standard InChI is InChI=1S/C10H22O2S/c1-8(2)13(11,12)10(6,7)9(3,4)5/h8H,1-7H3. The summed E-state index contributed by atoms with van der Waals surface area (Å²) < 4.78 is 23.3. The van der Waals surface area contributed by atoms with Gasteiger partial charge < -0.3 is 0 Å². The molecule has 0 aromatic heterocycles. The summed E-state index contributed by atoms with van der Waals surface area (Å²) in [5.41, 5.74) is -0.226. The summed E-state index contributed by atoms with van der Waals surface area (Å²) in [7, 11) is -3.03. The van der Waals surface area contributed by atoms with Crippen LogP contribution in [0.3, 0.4) is 0 Å². The number of hydrogen-bond acceptors (Lipinski definition) is 2. The fourth-order valence-corrected chi connectivity index (χ4v) is 3.05. The molecule has 0 saturated carbocycles. The molecule has 0 fully saturated rings. The maximum atomic E-state index is 12.0. The smallest absolute Gasteiger partial charge is 0.158 e. The zero-order valence-corrected chi connectivity index (χ0v) is 10.6. The van der Waals surface area contributed by atoms with Crippen LogP contribution in [0.2, 0.25) is 0 Å². The van der Waals surface area contributed by atoms with Crippen LogP contribution in [-0.2, 0) is 9.84 Å². The lowest BCUT2D eigenvalue weighted by atomic mass is 9.82. The second kappa shape index (κ2) is 3.26. The average molecular weight is 206 g/mol. The highest BCUT2D eigenvalue weighted by Crippen LogP contribution is 2.38. The summed E-state index contributed by atoms with van der Waals surface area (Å²) in [6.07, 6.45) is 0. The van der Waals surface area contributed by atoms with Crippen LogP contribution in [0.15, 0.2) is 0 Å². The summed E-state index contributed by atoms with van der Waals surface area (Å²) in [4.78, 5) is 0. The highest BCUT2D eigenvalue weighted by molar-refractivity contribution is 7.93. The van der Waals surface area contributed by atoms with Crippen molar-refractivity contribution in [2.24, 2.45) is 5.41 Å². The van der Waals surface area contributed by atoms with Crippen molar-refractivity contribution in [3.05, 3.63) is 0 Å². The van der Waals surface area contributed by atoms with E-state index in [0.717, 1.165) is 0 Å². The van der Waals surface area contributed by atoms with E-state index in [1.807, 2.05) is 34.6 Å². The van der Waals surface area contributed by atoms with E-state index in [2.05, 4.69) is 0 Å². The van der Waals surface area contributed by atoms with Crippen molar-refractivity contribution >= 4 is 9.84 Å². The molecule has 0 atom stereocenters. The Kier molecular flexibility index (Phi) is 3.25. The zero-order valence-electron chi connectivity index (χ0n) is 9.80. The summed E-state index contributed by atoms with van der Waals surface area (Å²) in [6.45, 7) is 13.0. The largest absolute Gasteiger partial charge is 0.228 e. The van der Waals surface area contributed by atoms with Gasteiger partial charge >= 0.3 is 0 Å². The molecule has 0 aliphatic carbocycles. The van der Waals surface area contributed by atoms with Gasteiger partial charge in [-0.25, -0.2) is 8.42 Å². The molecule has 0 saturated heterocycles. The molecule has 0 aromatic carbocycles. The van der Waals surface area contributed by atoms with Crippen molar-refractivity contribution in [1.29, 1.82) is 0 Å². The fraction of sp³-hybridized carbons (Fsp3) is 1.00. The third-order valence-corrected chi connectivity index (χ3v) is 6.41. The first-order chi connectivity index (χ1) is 5.44. The Balaban J connectivity index is 5.31. The maximum Gasteiger partial charge on any atom is 0.158 e. The fourth-order valence-electron chi connectivity index (χ4n) is 1.02. The van der Waals surface area contributed by atoms with Crippen molar-refractivity contribution in [3.63, 3.8) is 0 Å². The highest BCUT2D eigenvalue weighted by atomic mass is 32.2. The van der Waals surface area contributed by atoms with Gasteiger partial charge in [0.1, 0.15) is 0 Å². The van der Waals surface area contributed by atoms with E-state index in [1.165, 1.54) is 0 Å². The van der Waals surface area contributed by atoms with E-state index >= 15 is 0 Å².